The number of carbonyl (C=O) groups is 1. The lowest BCUT2D eigenvalue weighted by Gasteiger charge is -2.18. The van der Waals surface area contributed by atoms with Crippen LogP contribution < -0.4 is 0 Å². The first-order chi connectivity index (χ1) is 7.99. The van der Waals surface area contributed by atoms with Gasteiger partial charge < -0.3 is 4.74 Å². The summed E-state index contributed by atoms with van der Waals surface area (Å²) < 4.78 is 29.6. The summed E-state index contributed by atoms with van der Waals surface area (Å²) in [7, 11) is -3.64. The fourth-order valence-corrected chi connectivity index (χ4v) is 2.68. The van der Waals surface area contributed by atoms with Crippen LogP contribution in [0.2, 0.25) is 0 Å². The molecule has 1 saturated carbocycles. The van der Waals surface area contributed by atoms with Crippen molar-refractivity contribution in [1.82, 2.24) is 4.31 Å². The molecule has 0 N–H and O–H groups in total. The summed E-state index contributed by atoms with van der Waals surface area (Å²) in [5.74, 6) is 1.34. The van der Waals surface area contributed by atoms with E-state index in [0.717, 1.165) is 12.8 Å². The maximum Gasteiger partial charge on any atom is 0.322 e. The second-order valence-electron chi connectivity index (χ2n) is 4.00. The van der Waals surface area contributed by atoms with Gasteiger partial charge in [-0.25, -0.2) is 8.42 Å². The zero-order valence-electron chi connectivity index (χ0n) is 9.89. The second kappa shape index (κ2) is 6.03. The van der Waals surface area contributed by atoms with Crippen molar-refractivity contribution in [1.29, 1.82) is 0 Å². The summed E-state index contributed by atoms with van der Waals surface area (Å²) in [5.41, 5.74) is 0. The van der Waals surface area contributed by atoms with Gasteiger partial charge in [0.2, 0.25) is 10.0 Å². The molecule has 17 heavy (non-hydrogen) atoms. The zero-order chi connectivity index (χ0) is 12.9. The number of hydrogen-bond acceptors (Lipinski definition) is 4. The smallest absolute Gasteiger partial charge is 0.322 e. The molecule has 0 bridgehead atoms. The van der Waals surface area contributed by atoms with Crippen LogP contribution in [-0.4, -0.2) is 44.1 Å². The van der Waals surface area contributed by atoms with Gasteiger partial charge in [-0.15, -0.1) is 6.42 Å². The van der Waals surface area contributed by atoms with E-state index in [1.165, 1.54) is 4.31 Å². The second-order valence-corrected chi connectivity index (χ2v) is 5.97. The lowest BCUT2D eigenvalue weighted by molar-refractivity contribution is -0.140. The van der Waals surface area contributed by atoms with Gasteiger partial charge in [0.1, 0.15) is 0 Å². The van der Waals surface area contributed by atoms with Crippen molar-refractivity contribution in [3.05, 3.63) is 0 Å². The number of ether oxygens (including phenoxy) is 1. The fourth-order valence-electron chi connectivity index (χ4n) is 1.41. The largest absolute Gasteiger partial charge is 0.465 e. The Balaban J connectivity index is 2.62. The first kappa shape index (κ1) is 14.0. The quantitative estimate of drug-likeness (QED) is 0.485. The molecule has 0 aromatic carbocycles. The first-order valence-corrected chi connectivity index (χ1v) is 7.17. The van der Waals surface area contributed by atoms with Crippen LogP contribution in [0.4, 0.5) is 0 Å². The lowest BCUT2D eigenvalue weighted by atomic mass is 10.4. The SMILES string of the molecule is C#CCN(CC1CC1)S(=O)(=O)CC(=O)OCC. The predicted molar refractivity (Wildman–Crippen MR) is 63.5 cm³/mol. The highest BCUT2D eigenvalue weighted by molar-refractivity contribution is 7.89. The number of sulfonamides is 1. The van der Waals surface area contributed by atoms with Crippen LogP contribution in [0, 0.1) is 18.3 Å². The standard InChI is InChI=1S/C11H17NO4S/c1-3-7-12(8-10-5-6-10)17(14,15)9-11(13)16-4-2/h1,10H,4-9H2,2H3. The summed E-state index contributed by atoms with van der Waals surface area (Å²) in [5, 5.41) is 0. The first-order valence-electron chi connectivity index (χ1n) is 5.56. The predicted octanol–water partition coefficient (Wildman–Crippen LogP) is 0.225. The molecule has 1 fully saturated rings. The molecule has 1 aliphatic carbocycles. The van der Waals surface area contributed by atoms with Gasteiger partial charge in [0.05, 0.1) is 13.2 Å². The van der Waals surface area contributed by atoms with Crippen LogP contribution in [0.5, 0.6) is 0 Å². The van der Waals surface area contributed by atoms with Gasteiger partial charge in [-0.2, -0.15) is 4.31 Å². The molecule has 0 saturated heterocycles. The summed E-state index contributed by atoms with van der Waals surface area (Å²) >= 11 is 0. The van der Waals surface area contributed by atoms with E-state index in [-0.39, 0.29) is 13.2 Å². The minimum Gasteiger partial charge on any atom is -0.465 e. The van der Waals surface area contributed by atoms with Crippen molar-refractivity contribution in [3.8, 4) is 12.3 Å². The maximum atomic E-state index is 11.9. The topological polar surface area (TPSA) is 63.7 Å². The van der Waals surface area contributed by atoms with E-state index in [9.17, 15) is 13.2 Å². The van der Waals surface area contributed by atoms with Crippen LogP contribution in [-0.2, 0) is 19.6 Å². The number of rotatable bonds is 7. The normalized spacial score (nSPS) is 15.6. The van der Waals surface area contributed by atoms with Crippen LogP contribution in [0.15, 0.2) is 0 Å². The molecule has 1 rings (SSSR count). The van der Waals surface area contributed by atoms with Crippen LogP contribution in [0.1, 0.15) is 19.8 Å². The molecule has 5 nitrogen and oxygen atoms in total. The van der Waals surface area contributed by atoms with Crippen LogP contribution >= 0.6 is 0 Å². The van der Waals surface area contributed by atoms with Crippen LogP contribution in [0.25, 0.3) is 0 Å². The Kier molecular flexibility index (Phi) is 4.97. The Morgan fingerprint density at radius 2 is 2.18 bits per heavy atom. The lowest BCUT2D eigenvalue weighted by Crippen LogP contribution is -2.37. The molecule has 0 heterocycles. The van der Waals surface area contributed by atoms with Gasteiger partial charge in [-0.05, 0) is 25.7 Å². The number of esters is 1. The fraction of sp³-hybridized carbons (Fsp3) is 0.727. The van der Waals surface area contributed by atoms with Crippen molar-refractivity contribution in [2.75, 3.05) is 25.4 Å². The van der Waals surface area contributed by atoms with Gasteiger partial charge in [0.25, 0.3) is 0 Å². The molecule has 6 heteroatoms. The van der Waals surface area contributed by atoms with Crippen molar-refractivity contribution in [2.45, 2.75) is 19.8 Å². The number of hydrogen-bond donors (Lipinski definition) is 0. The Hall–Kier alpha value is -1.06. The Bertz CT molecular complexity index is 406. The van der Waals surface area contributed by atoms with Gasteiger partial charge >= 0.3 is 5.97 Å². The third-order valence-electron chi connectivity index (χ3n) is 2.43. The van der Waals surface area contributed by atoms with E-state index in [2.05, 4.69) is 10.7 Å². The zero-order valence-corrected chi connectivity index (χ0v) is 10.7. The summed E-state index contributed by atoms with van der Waals surface area (Å²) in [4.78, 5) is 11.2. The van der Waals surface area contributed by atoms with E-state index in [0.29, 0.717) is 12.5 Å². The number of carbonyl (C=O) groups excluding carboxylic acids is 1. The third-order valence-corrected chi connectivity index (χ3v) is 4.09. The molecule has 0 aromatic heterocycles. The molecule has 0 aliphatic heterocycles. The van der Waals surface area contributed by atoms with Crippen molar-refractivity contribution in [2.24, 2.45) is 5.92 Å². The summed E-state index contributed by atoms with van der Waals surface area (Å²) in [6, 6.07) is 0. The van der Waals surface area contributed by atoms with Gasteiger partial charge in [-0.1, -0.05) is 5.92 Å². The summed E-state index contributed by atoms with van der Waals surface area (Å²) in [6.07, 6.45) is 7.19. The van der Waals surface area contributed by atoms with E-state index in [1.54, 1.807) is 6.92 Å². The average molecular weight is 259 g/mol. The molecule has 1 aliphatic rings. The minimum atomic E-state index is -3.64. The highest BCUT2D eigenvalue weighted by Gasteiger charge is 2.31. The molecule has 0 aromatic rings. The molecule has 0 amide bonds. The van der Waals surface area contributed by atoms with E-state index < -0.39 is 21.7 Å². The van der Waals surface area contributed by atoms with Crippen molar-refractivity contribution in [3.63, 3.8) is 0 Å². The molecule has 0 radical (unpaired) electrons. The molecular weight excluding hydrogens is 242 g/mol. The molecular formula is C11H17NO4S. The number of terminal acetylenes is 1. The number of nitrogens with zero attached hydrogens (tertiary/aromatic N) is 1. The van der Waals surface area contributed by atoms with Crippen molar-refractivity contribution >= 4 is 16.0 Å². The van der Waals surface area contributed by atoms with Crippen LogP contribution in [0.3, 0.4) is 0 Å². The Labute approximate surface area is 102 Å². The Morgan fingerprint density at radius 3 is 2.65 bits per heavy atom. The van der Waals surface area contributed by atoms with Crippen molar-refractivity contribution < 1.29 is 17.9 Å². The van der Waals surface area contributed by atoms with E-state index >= 15 is 0 Å². The highest BCUT2D eigenvalue weighted by Crippen LogP contribution is 2.30. The van der Waals surface area contributed by atoms with E-state index in [4.69, 9.17) is 6.42 Å². The van der Waals surface area contributed by atoms with Gasteiger partial charge in [-0.3, -0.25) is 4.79 Å². The molecule has 96 valence electrons. The minimum absolute atomic E-state index is 0.0121. The molecule has 0 unspecified atom stereocenters. The Morgan fingerprint density at radius 1 is 1.53 bits per heavy atom. The highest BCUT2D eigenvalue weighted by atomic mass is 32.2. The molecule has 0 spiro atoms. The summed E-state index contributed by atoms with van der Waals surface area (Å²) in [6.45, 7) is 2.23. The third kappa shape index (κ3) is 4.75. The molecule has 0 atom stereocenters. The average Bonchev–Trinajstić information content (AvgIpc) is 3.00. The van der Waals surface area contributed by atoms with Gasteiger partial charge in [0.15, 0.2) is 5.75 Å². The monoisotopic (exact) mass is 259 g/mol. The maximum absolute atomic E-state index is 11.9. The van der Waals surface area contributed by atoms with Gasteiger partial charge in [0, 0.05) is 6.54 Å². The van der Waals surface area contributed by atoms with E-state index in [1.807, 2.05) is 0 Å².